The van der Waals surface area contributed by atoms with Crippen LogP contribution in [0.1, 0.15) is 30.0 Å². The van der Waals surface area contributed by atoms with Gasteiger partial charge >= 0.3 is 5.97 Å². The molecule has 0 aliphatic heterocycles. The van der Waals surface area contributed by atoms with E-state index in [-0.39, 0.29) is 30.8 Å². The molecule has 1 unspecified atom stereocenters. The molecule has 0 aliphatic carbocycles. The summed E-state index contributed by atoms with van der Waals surface area (Å²) in [4.78, 5) is 23.3. The van der Waals surface area contributed by atoms with Crippen molar-refractivity contribution in [3.8, 4) is 0 Å². The van der Waals surface area contributed by atoms with Crippen molar-refractivity contribution in [2.75, 3.05) is 7.11 Å². The van der Waals surface area contributed by atoms with Gasteiger partial charge in [0, 0.05) is 17.0 Å². The predicted octanol–water partition coefficient (Wildman–Crippen LogP) is 2.66. The van der Waals surface area contributed by atoms with Crippen LogP contribution in [0.25, 0.3) is 11.0 Å². The molecule has 0 aliphatic rings. The number of hydrogen-bond donors (Lipinski definition) is 1. The molecule has 1 heterocycles. The highest BCUT2D eigenvalue weighted by atomic mass is 16.5. The van der Waals surface area contributed by atoms with E-state index >= 15 is 0 Å². The summed E-state index contributed by atoms with van der Waals surface area (Å²) in [6.07, 6.45) is 2.00. The summed E-state index contributed by atoms with van der Waals surface area (Å²) < 4.78 is 10.1. The van der Waals surface area contributed by atoms with E-state index in [2.05, 4.69) is 10.1 Å². The topological polar surface area (TPSA) is 68.5 Å². The van der Waals surface area contributed by atoms with Crippen LogP contribution in [0, 0.1) is 13.8 Å². The average Bonchev–Trinajstić information content (AvgIpc) is 2.81. The van der Waals surface area contributed by atoms with Crippen molar-refractivity contribution in [1.29, 1.82) is 0 Å². The molecule has 0 spiro atoms. The number of rotatable bonds is 5. The highest BCUT2D eigenvalue weighted by Gasteiger charge is 2.15. The molecule has 1 aromatic carbocycles. The summed E-state index contributed by atoms with van der Waals surface area (Å²) in [5.74, 6) is -0.481. The van der Waals surface area contributed by atoms with Crippen LogP contribution in [-0.4, -0.2) is 25.0 Å². The van der Waals surface area contributed by atoms with Crippen LogP contribution in [0.4, 0.5) is 0 Å². The van der Waals surface area contributed by atoms with Gasteiger partial charge in [-0.1, -0.05) is 0 Å². The fraction of sp³-hybridized carbons (Fsp3) is 0.412. The summed E-state index contributed by atoms with van der Waals surface area (Å²) in [5.41, 5.74) is 3.95. The Hall–Kier alpha value is -2.30. The van der Waals surface area contributed by atoms with Gasteiger partial charge in [-0.3, -0.25) is 9.59 Å². The molecular formula is C17H21NO4. The molecule has 1 atom stereocenters. The molecule has 1 aromatic heterocycles. The molecule has 1 amide bonds. The van der Waals surface area contributed by atoms with E-state index in [4.69, 9.17) is 4.42 Å². The zero-order valence-electron chi connectivity index (χ0n) is 13.4. The molecule has 0 radical (unpaired) electrons. The lowest BCUT2D eigenvalue weighted by Crippen LogP contribution is -2.35. The Balaban J connectivity index is 2.06. The molecule has 0 saturated carbocycles. The van der Waals surface area contributed by atoms with Crippen LogP contribution in [0.3, 0.4) is 0 Å². The lowest BCUT2D eigenvalue weighted by molar-refractivity contribution is -0.141. The van der Waals surface area contributed by atoms with Gasteiger partial charge in [0.05, 0.1) is 26.2 Å². The molecule has 2 rings (SSSR count). The molecule has 2 aromatic rings. The van der Waals surface area contributed by atoms with Gasteiger partial charge in [0.2, 0.25) is 5.91 Å². The van der Waals surface area contributed by atoms with E-state index in [0.717, 1.165) is 27.7 Å². The minimum absolute atomic E-state index is 0.141. The first-order valence-electron chi connectivity index (χ1n) is 7.24. The van der Waals surface area contributed by atoms with Crippen LogP contribution in [0.15, 0.2) is 22.8 Å². The number of benzene rings is 1. The Kier molecular flexibility index (Phi) is 4.85. The minimum atomic E-state index is -0.340. The Morgan fingerprint density at radius 3 is 2.64 bits per heavy atom. The Morgan fingerprint density at radius 2 is 1.95 bits per heavy atom. The molecule has 0 bridgehead atoms. The van der Waals surface area contributed by atoms with E-state index in [9.17, 15) is 9.59 Å². The van der Waals surface area contributed by atoms with Crippen LogP contribution >= 0.6 is 0 Å². The molecule has 0 fully saturated rings. The highest BCUT2D eigenvalue weighted by Crippen LogP contribution is 2.25. The highest BCUT2D eigenvalue weighted by molar-refractivity contribution is 5.88. The molecule has 5 nitrogen and oxygen atoms in total. The molecule has 5 heteroatoms. The van der Waals surface area contributed by atoms with E-state index in [1.807, 2.05) is 26.0 Å². The van der Waals surface area contributed by atoms with Crippen molar-refractivity contribution in [1.82, 2.24) is 5.32 Å². The lowest BCUT2D eigenvalue weighted by Gasteiger charge is -2.12. The van der Waals surface area contributed by atoms with Gasteiger partial charge in [0.1, 0.15) is 5.58 Å². The van der Waals surface area contributed by atoms with Crippen molar-refractivity contribution in [2.24, 2.45) is 0 Å². The fourth-order valence-electron chi connectivity index (χ4n) is 2.36. The zero-order chi connectivity index (χ0) is 16.3. The number of carbonyl (C=O) groups excluding carboxylic acids is 2. The number of furan rings is 1. The van der Waals surface area contributed by atoms with E-state index < -0.39 is 0 Å². The van der Waals surface area contributed by atoms with E-state index in [1.54, 1.807) is 13.2 Å². The Morgan fingerprint density at radius 1 is 1.27 bits per heavy atom. The third kappa shape index (κ3) is 3.67. The molecule has 1 N–H and O–H groups in total. The first kappa shape index (κ1) is 16.1. The van der Waals surface area contributed by atoms with Gasteiger partial charge in [-0.05, 0) is 44.0 Å². The molecule has 118 valence electrons. The number of carbonyl (C=O) groups is 2. The Bertz CT molecular complexity index is 702. The van der Waals surface area contributed by atoms with Gasteiger partial charge in [-0.15, -0.1) is 0 Å². The second-order valence-corrected chi connectivity index (χ2v) is 5.62. The maximum atomic E-state index is 12.1. The van der Waals surface area contributed by atoms with Crippen LogP contribution in [0.5, 0.6) is 0 Å². The van der Waals surface area contributed by atoms with Crippen molar-refractivity contribution < 1.29 is 18.7 Å². The monoisotopic (exact) mass is 303 g/mol. The maximum Gasteiger partial charge on any atom is 0.307 e. The number of ether oxygens (including phenoxy) is 1. The average molecular weight is 303 g/mol. The van der Waals surface area contributed by atoms with Crippen LogP contribution in [0.2, 0.25) is 0 Å². The summed E-state index contributed by atoms with van der Waals surface area (Å²) in [7, 11) is 1.33. The number of esters is 1. The normalized spacial score (nSPS) is 12.2. The number of aryl methyl sites for hydroxylation is 2. The minimum Gasteiger partial charge on any atom is -0.469 e. The summed E-state index contributed by atoms with van der Waals surface area (Å²) in [6.45, 7) is 5.83. The number of methoxy groups -OCH3 is 1. The smallest absolute Gasteiger partial charge is 0.307 e. The van der Waals surface area contributed by atoms with Gasteiger partial charge in [0.25, 0.3) is 0 Å². The van der Waals surface area contributed by atoms with Crippen molar-refractivity contribution in [3.63, 3.8) is 0 Å². The number of amides is 1. The second-order valence-electron chi connectivity index (χ2n) is 5.62. The number of fused-ring (bicyclic) bond motifs is 1. The standard InChI is InChI=1S/C17H21NO4/c1-10-5-14-13(9-22-15(14)6-11(10)2)8-16(19)18-12(3)7-17(20)21-4/h5-6,9,12H,7-8H2,1-4H3,(H,18,19). The second kappa shape index (κ2) is 6.64. The lowest BCUT2D eigenvalue weighted by atomic mass is 10.0. The third-order valence-corrected chi connectivity index (χ3v) is 3.73. The third-order valence-electron chi connectivity index (χ3n) is 3.73. The number of nitrogens with one attached hydrogen (secondary N) is 1. The van der Waals surface area contributed by atoms with E-state index in [0.29, 0.717) is 0 Å². The maximum absolute atomic E-state index is 12.1. The van der Waals surface area contributed by atoms with Gasteiger partial charge in [-0.2, -0.15) is 0 Å². The number of hydrogen-bond acceptors (Lipinski definition) is 4. The zero-order valence-corrected chi connectivity index (χ0v) is 13.4. The molecular weight excluding hydrogens is 282 g/mol. The summed E-state index contributed by atoms with van der Waals surface area (Å²) in [6, 6.07) is 3.75. The molecule has 22 heavy (non-hydrogen) atoms. The first-order chi connectivity index (χ1) is 10.4. The van der Waals surface area contributed by atoms with E-state index in [1.165, 1.54) is 7.11 Å². The van der Waals surface area contributed by atoms with Crippen molar-refractivity contribution in [2.45, 2.75) is 39.7 Å². The summed E-state index contributed by atoms with van der Waals surface area (Å²) >= 11 is 0. The largest absolute Gasteiger partial charge is 0.469 e. The quantitative estimate of drug-likeness (QED) is 0.862. The van der Waals surface area contributed by atoms with Gasteiger partial charge in [0.15, 0.2) is 0 Å². The summed E-state index contributed by atoms with van der Waals surface area (Å²) in [5, 5.41) is 3.75. The van der Waals surface area contributed by atoms with Crippen LogP contribution in [-0.2, 0) is 20.7 Å². The fourth-order valence-corrected chi connectivity index (χ4v) is 2.36. The Labute approximate surface area is 129 Å². The van der Waals surface area contributed by atoms with Crippen molar-refractivity contribution >= 4 is 22.8 Å². The molecule has 0 saturated heterocycles. The SMILES string of the molecule is COC(=O)CC(C)NC(=O)Cc1coc2cc(C)c(C)cc12. The van der Waals surface area contributed by atoms with Gasteiger partial charge in [-0.25, -0.2) is 0 Å². The van der Waals surface area contributed by atoms with Crippen LogP contribution < -0.4 is 5.32 Å². The van der Waals surface area contributed by atoms with Gasteiger partial charge < -0.3 is 14.5 Å². The van der Waals surface area contributed by atoms with Crippen molar-refractivity contribution in [3.05, 3.63) is 35.1 Å². The predicted molar refractivity (Wildman–Crippen MR) is 83.6 cm³/mol. The first-order valence-corrected chi connectivity index (χ1v) is 7.24.